The van der Waals surface area contributed by atoms with Gasteiger partial charge in [0.25, 0.3) is 0 Å². The second-order valence-corrected chi connectivity index (χ2v) is 26.7. The molecular formula is C54H74I4N6O13S. The van der Waals surface area contributed by atoms with Crippen LogP contribution in [0.1, 0.15) is 128 Å². The third-order valence-corrected chi connectivity index (χ3v) is 16.6. The fraction of sp³-hybridized carbons (Fsp3) is 0.537. The number of primary amides is 1. The van der Waals surface area contributed by atoms with E-state index >= 15 is 0 Å². The van der Waals surface area contributed by atoms with Crippen molar-refractivity contribution in [1.82, 2.24) is 26.6 Å². The van der Waals surface area contributed by atoms with Gasteiger partial charge in [0, 0.05) is 31.9 Å². The number of nitrogens with two attached hydrogens (primary N) is 1. The van der Waals surface area contributed by atoms with Crippen LogP contribution in [0, 0.1) is 20.2 Å². The number of aliphatic hydroxyl groups is 1. The number of carboxylic acids is 1. The predicted octanol–water partition coefficient (Wildman–Crippen LogP) is 7.31. The average Bonchev–Trinajstić information content (AvgIpc) is 3.34. The number of amides is 6. The van der Waals surface area contributed by atoms with Gasteiger partial charge >= 0.3 is 5.97 Å². The normalized spacial score (nSPS) is 13.8. The number of sulfone groups is 1. The monoisotopic (exact) mass is 1550 g/mol. The summed E-state index contributed by atoms with van der Waals surface area (Å²) in [6.45, 7) is 5.11. The zero-order valence-electron chi connectivity index (χ0n) is 44.4. The highest BCUT2D eigenvalue weighted by Crippen LogP contribution is 2.37. The Balaban J connectivity index is 1.35. The highest BCUT2D eigenvalue weighted by molar-refractivity contribution is 14.1. The molecule has 432 valence electrons. The van der Waals surface area contributed by atoms with E-state index in [1.807, 2.05) is 71.2 Å². The summed E-state index contributed by atoms with van der Waals surface area (Å²) in [5, 5.41) is 43.3. The molecule has 0 heterocycles. The van der Waals surface area contributed by atoms with Crippen LogP contribution < -0.4 is 37.1 Å². The van der Waals surface area contributed by atoms with Crippen molar-refractivity contribution >= 4 is 142 Å². The maximum Gasteiger partial charge on any atom is 0.326 e. The van der Waals surface area contributed by atoms with Gasteiger partial charge in [0.2, 0.25) is 35.4 Å². The molecule has 78 heavy (non-hydrogen) atoms. The molecule has 0 aliphatic heterocycles. The SMILES string of the molecule is CC(C)C[C@H](NC(=O)[C@@H](NC(=O)CCCCCCCCCCCCCCC(=O)N[C@@H](CS(C)(=O)=O)C(=O)N[C@@H](Cc1ccccc1)C(=O)O)C(C)O)C(=O)N[C@@H](Cc1cc(I)c(Oc2cc(I)c(O)c(I)c2)c(I)c1)C(N)=O. The Morgan fingerprint density at radius 3 is 1.50 bits per heavy atom. The first kappa shape index (κ1) is 68.7. The fourth-order valence-electron chi connectivity index (χ4n) is 8.31. The van der Waals surface area contributed by atoms with Gasteiger partial charge in [-0.3, -0.25) is 28.8 Å². The lowest BCUT2D eigenvalue weighted by Gasteiger charge is -2.27. The summed E-state index contributed by atoms with van der Waals surface area (Å²) in [6, 6.07) is 9.45. The van der Waals surface area contributed by atoms with Crippen LogP contribution in [-0.2, 0) is 56.2 Å². The third-order valence-electron chi connectivity index (χ3n) is 12.4. The van der Waals surface area contributed by atoms with Crippen molar-refractivity contribution in [2.45, 2.75) is 166 Å². The Hall–Kier alpha value is -3.62. The molecule has 0 saturated heterocycles. The van der Waals surface area contributed by atoms with Gasteiger partial charge in [0.05, 0.1) is 26.1 Å². The molecule has 0 aliphatic rings. The van der Waals surface area contributed by atoms with Crippen LogP contribution in [0.5, 0.6) is 17.2 Å². The molecule has 0 aromatic heterocycles. The number of phenols is 1. The van der Waals surface area contributed by atoms with Crippen molar-refractivity contribution in [3.05, 3.63) is 80.0 Å². The molecule has 3 rings (SSSR count). The molecule has 24 heteroatoms. The molecule has 6 amide bonds. The number of rotatable bonds is 36. The standard InChI is InChI=1S/C54H74I4N6O13S/c1-32(2)24-42(51(70)61-41(50(59)69)28-35-25-39(57)49(40(58)26-35)77-36-29-37(55)48(68)38(56)30-36)62-53(72)47(33(3)65)64-46(67)23-19-14-12-10-8-6-5-7-9-11-13-18-22-45(66)60-44(31-78(4,75)76)52(71)63-43(54(73)74)27-34-20-16-15-17-21-34/h15-17,20-21,25-26,29-30,32-33,41-44,47,65,68H,5-14,18-19,22-24,27-28,31H2,1-4H3,(H2,59,69)(H,60,66)(H,61,70)(H,62,72)(H,63,71)(H,64,67)(H,73,74)/t33?,41-,42-,43-,44-,47-/m0/s1. The maximum absolute atomic E-state index is 13.7. The molecule has 0 radical (unpaired) electrons. The summed E-state index contributed by atoms with van der Waals surface area (Å²) >= 11 is 8.30. The highest BCUT2D eigenvalue weighted by Gasteiger charge is 2.33. The lowest BCUT2D eigenvalue weighted by molar-refractivity contribution is -0.142. The minimum atomic E-state index is -3.69. The largest absolute Gasteiger partial charge is 0.506 e. The van der Waals surface area contributed by atoms with Gasteiger partial charge in [-0.2, -0.15) is 0 Å². The number of aliphatic hydroxyl groups excluding tert-OH is 1. The van der Waals surface area contributed by atoms with Gasteiger partial charge in [0.1, 0.15) is 51.5 Å². The average molecular weight is 1550 g/mol. The second kappa shape index (κ2) is 35.3. The van der Waals surface area contributed by atoms with Crippen molar-refractivity contribution in [2.75, 3.05) is 12.0 Å². The Bertz CT molecular complexity index is 2570. The van der Waals surface area contributed by atoms with Crippen molar-refractivity contribution in [2.24, 2.45) is 11.7 Å². The van der Waals surface area contributed by atoms with Crippen LogP contribution in [-0.4, -0.2) is 113 Å². The van der Waals surface area contributed by atoms with Gasteiger partial charge in [-0.25, -0.2) is 13.2 Å². The second-order valence-electron chi connectivity index (χ2n) is 19.9. The van der Waals surface area contributed by atoms with Crippen LogP contribution in [0.2, 0.25) is 0 Å². The highest BCUT2D eigenvalue weighted by atomic mass is 127. The van der Waals surface area contributed by atoms with Crippen LogP contribution in [0.3, 0.4) is 0 Å². The molecule has 10 N–H and O–H groups in total. The summed E-state index contributed by atoms with van der Waals surface area (Å²) in [6.07, 6.45) is 10.8. The fourth-order valence-corrected chi connectivity index (χ4v) is 13.0. The van der Waals surface area contributed by atoms with Crippen LogP contribution in [0.4, 0.5) is 0 Å². The quantitative estimate of drug-likeness (QED) is 0.0204. The molecule has 6 atom stereocenters. The number of phenolic OH excluding ortho intramolecular Hbond substituents is 1. The topological polar surface area (TPSA) is 310 Å². The molecule has 0 spiro atoms. The molecular weight excluding hydrogens is 1480 g/mol. The summed E-state index contributed by atoms with van der Waals surface area (Å²) in [5.74, 6) is -4.67. The first-order chi connectivity index (χ1) is 36.7. The molecule has 1 unspecified atom stereocenters. The molecule has 3 aromatic carbocycles. The number of aromatic hydroxyl groups is 1. The van der Waals surface area contributed by atoms with E-state index < -0.39 is 93.3 Å². The molecule has 0 fully saturated rings. The first-order valence-corrected chi connectivity index (χ1v) is 32.4. The number of hydrogen-bond acceptors (Lipinski definition) is 12. The van der Waals surface area contributed by atoms with E-state index in [1.54, 1.807) is 42.5 Å². The van der Waals surface area contributed by atoms with E-state index in [9.17, 15) is 57.3 Å². The van der Waals surface area contributed by atoms with E-state index in [0.29, 0.717) is 42.6 Å². The molecule has 0 bridgehead atoms. The number of carbonyl (C=O) groups is 7. The summed E-state index contributed by atoms with van der Waals surface area (Å²) < 4.78 is 33.1. The number of aliphatic carboxylic acids is 1. The van der Waals surface area contributed by atoms with Crippen molar-refractivity contribution < 1.29 is 62.0 Å². The Kier molecular flexibility index (Phi) is 31.1. The van der Waals surface area contributed by atoms with Gasteiger partial charge in [-0.05, 0) is 158 Å². The minimum absolute atomic E-state index is 0.0113. The molecule has 19 nitrogen and oxygen atoms in total. The number of hydrogen-bond donors (Lipinski definition) is 9. The minimum Gasteiger partial charge on any atom is -0.506 e. The van der Waals surface area contributed by atoms with Gasteiger partial charge < -0.3 is 52.4 Å². The van der Waals surface area contributed by atoms with Crippen LogP contribution in [0.15, 0.2) is 54.6 Å². The Labute approximate surface area is 512 Å². The summed E-state index contributed by atoms with van der Waals surface area (Å²) in [7, 11) is -3.69. The lowest BCUT2D eigenvalue weighted by Crippen LogP contribution is -2.59. The van der Waals surface area contributed by atoms with Crippen molar-refractivity contribution in [1.29, 1.82) is 0 Å². The van der Waals surface area contributed by atoms with Crippen molar-refractivity contribution in [3.63, 3.8) is 0 Å². The summed E-state index contributed by atoms with van der Waals surface area (Å²) in [5.41, 5.74) is 7.15. The summed E-state index contributed by atoms with van der Waals surface area (Å²) in [4.78, 5) is 90.6. The van der Waals surface area contributed by atoms with Crippen LogP contribution in [0.25, 0.3) is 0 Å². The number of halogens is 4. The lowest BCUT2D eigenvalue weighted by atomic mass is 10.0. The van der Waals surface area contributed by atoms with Crippen LogP contribution >= 0.6 is 90.4 Å². The third kappa shape index (κ3) is 26.3. The van der Waals surface area contributed by atoms with Gasteiger partial charge in [-0.1, -0.05) is 108 Å². The molecule has 3 aromatic rings. The number of carbonyl (C=O) groups excluding carboxylic acids is 6. The number of benzene rings is 3. The van der Waals surface area contributed by atoms with E-state index in [1.165, 1.54) is 6.92 Å². The van der Waals surface area contributed by atoms with E-state index in [-0.39, 0.29) is 43.8 Å². The number of unbranched alkanes of at least 4 members (excludes halogenated alkanes) is 11. The van der Waals surface area contributed by atoms with E-state index in [2.05, 4.69) is 71.8 Å². The molecule has 0 aliphatic carbocycles. The van der Waals surface area contributed by atoms with E-state index in [0.717, 1.165) is 77.6 Å². The Morgan fingerprint density at radius 1 is 0.590 bits per heavy atom. The van der Waals surface area contributed by atoms with Gasteiger partial charge in [0.15, 0.2) is 5.75 Å². The number of nitrogens with one attached hydrogen (secondary N) is 5. The smallest absolute Gasteiger partial charge is 0.326 e. The number of carboxylic acid groups (broad SMARTS) is 1. The number of ether oxygens (including phenoxy) is 1. The van der Waals surface area contributed by atoms with Gasteiger partial charge in [-0.15, -0.1) is 0 Å². The maximum atomic E-state index is 13.7. The van der Waals surface area contributed by atoms with E-state index in [4.69, 9.17) is 10.5 Å². The molecule has 0 saturated carbocycles. The first-order valence-electron chi connectivity index (χ1n) is 26.0. The zero-order valence-corrected chi connectivity index (χ0v) is 53.8. The van der Waals surface area contributed by atoms with Crippen molar-refractivity contribution in [3.8, 4) is 17.2 Å². The predicted molar refractivity (Wildman–Crippen MR) is 331 cm³/mol. The Morgan fingerprint density at radius 2 is 1.04 bits per heavy atom. The zero-order chi connectivity index (χ0) is 58.1.